The van der Waals surface area contributed by atoms with Crippen LogP contribution in [0, 0.1) is 0 Å². The van der Waals surface area contributed by atoms with Crippen molar-refractivity contribution in [1.29, 1.82) is 0 Å². The van der Waals surface area contributed by atoms with Crippen molar-refractivity contribution in [2.24, 2.45) is 5.10 Å². The number of nitrogens with zero attached hydrogens (tertiary/aromatic N) is 1. The molecule has 0 unspecified atom stereocenters. The summed E-state index contributed by atoms with van der Waals surface area (Å²) in [5.41, 5.74) is 3.77. The van der Waals surface area contributed by atoms with Gasteiger partial charge in [0.1, 0.15) is 5.75 Å². The average molecular weight is 435 g/mol. The number of benzene rings is 2. The lowest BCUT2D eigenvalue weighted by molar-refractivity contribution is 0.0955. The number of carbonyl (C=O) groups is 1. The molecule has 27 heavy (non-hydrogen) atoms. The number of rotatable bonds is 9. The molecule has 0 radical (unpaired) electrons. The number of nitrogens with one attached hydrogen (secondary N) is 1. The van der Waals surface area contributed by atoms with Crippen LogP contribution >= 0.6 is 15.9 Å². The van der Waals surface area contributed by atoms with Gasteiger partial charge in [-0.3, -0.25) is 4.79 Å². The first-order valence-electron chi connectivity index (χ1n) is 8.65. The van der Waals surface area contributed by atoms with Crippen molar-refractivity contribution < 1.29 is 19.0 Å². The minimum atomic E-state index is -0.301. The fourth-order valence-electron chi connectivity index (χ4n) is 2.25. The molecule has 144 valence electrons. The van der Waals surface area contributed by atoms with E-state index in [1.54, 1.807) is 43.7 Å². The maximum absolute atomic E-state index is 12.2. The number of methoxy groups -OCH3 is 1. The first-order chi connectivity index (χ1) is 13.1. The van der Waals surface area contributed by atoms with Crippen molar-refractivity contribution in [3.8, 4) is 17.2 Å². The fourth-order valence-corrected chi connectivity index (χ4v) is 2.83. The summed E-state index contributed by atoms with van der Waals surface area (Å²) in [6.07, 6.45) is 2.48. The molecule has 1 amide bonds. The molecular formula is C20H23BrN2O4. The average Bonchev–Trinajstić information content (AvgIpc) is 2.68. The fraction of sp³-hybridized carbons (Fsp3) is 0.300. The number of ether oxygens (including phenoxy) is 3. The van der Waals surface area contributed by atoms with Crippen LogP contribution in [-0.2, 0) is 0 Å². The Morgan fingerprint density at radius 1 is 1.19 bits per heavy atom. The molecule has 2 aromatic carbocycles. The Morgan fingerprint density at radius 2 is 1.93 bits per heavy atom. The van der Waals surface area contributed by atoms with Crippen LogP contribution in [0.2, 0.25) is 0 Å². The third-order valence-electron chi connectivity index (χ3n) is 3.51. The number of amides is 1. The summed E-state index contributed by atoms with van der Waals surface area (Å²) in [6, 6.07) is 10.6. The normalized spacial score (nSPS) is 10.7. The van der Waals surface area contributed by atoms with Gasteiger partial charge in [-0.1, -0.05) is 6.92 Å². The van der Waals surface area contributed by atoms with Gasteiger partial charge in [-0.15, -0.1) is 0 Å². The van der Waals surface area contributed by atoms with Crippen molar-refractivity contribution in [3.63, 3.8) is 0 Å². The van der Waals surface area contributed by atoms with Crippen LogP contribution in [0.5, 0.6) is 17.2 Å². The lowest BCUT2D eigenvalue weighted by Gasteiger charge is -2.11. The summed E-state index contributed by atoms with van der Waals surface area (Å²) < 4.78 is 17.1. The Balaban J connectivity index is 2.02. The van der Waals surface area contributed by atoms with E-state index in [-0.39, 0.29) is 5.91 Å². The van der Waals surface area contributed by atoms with Crippen molar-refractivity contribution in [1.82, 2.24) is 5.43 Å². The quantitative estimate of drug-likeness (QED) is 0.468. The summed E-state index contributed by atoms with van der Waals surface area (Å²) >= 11 is 3.46. The molecule has 0 saturated carbocycles. The molecule has 0 aromatic heterocycles. The second-order valence-corrected chi connectivity index (χ2v) is 6.39. The largest absolute Gasteiger partial charge is 0.494 e. The zero-order chi connectivity index (χ0) is 19.6. The van der Waals surface area contributed by atoms with Crippen molar-refractivity contribution in [3.05, 3.63) is 52.0 Å². The monoisotopic (exact) mass is 434 g/mol. The molecular weight excluding hydrogens is 412 g/mol. The highest BCUT2D eigenvalue weighted by molar-refractivity contribution is 9.10. The van der Waals surface area contributed by atoms with Gasteiger partial charge in [-0.25, -0.2) is 5.43 Å². The molecule has 0 fully saturated rings. The predicted molar refractivity (Wildman–Crippen MR) is 109 cm³/mol. The van der Waals surface area contributed by atoms with Crippen LogP contribution in [0.3, 0.4) is 0 Å². The maximum atomic E-state index is 12.2. The van der Waals surface area contributed by atoms with E-state index in [2.05, 4.69) is 26.5 Å². The van der Waals surface area contributed by atoms with E-state index >= 15 is 0 Å². The van der Waals surface area contributed by atoms with Gasteiger partial charge in [0.05, 0.1) is 31.0 Å². The maximum Gasteiger partial charge on any atom is 0.271 e. The second kappa shape index (κ2) is 10.6. The highest BCUT2D eigenvalue weighted by Gasteiger charge is 2.10. The zero-order valence-corrected chi connectivity index (χ0v) is 17.2. The van der Waals surface area contributed by atoms with Gasteiger partial charge < -0.3 is 14.2 Å². The van der Waals surface area contributed by atoms with Crippen LogP contribution in [0.1, 0.15) is 36.2 Å². The van der Waals surface area contributed by atoms with Crippen molar-refractivity contribution in [2.75, 3.05) is 20.3 Å². The zero-order valence-electron chi connectivity index (χ0n) is 15.6. The Labute approximate surface area is 167 Å². The van der Waals surface area contributed by atoms with Gasteiger partial charge in [0.25, 0.3) is 5.91 Å². The first-order valence-corrected chi connectivity index (χ1v) is 9.44. The van der Waals surface area contributed by atoms with Gasteiger partial charge in [-0.05, 0) is 71.2 Å². The van der Waals surface area contributed by atoms with Crippen molar-refractivity contribution >= 4 is 28.1 Å². The number of halogens is 1. The summed E-state index contributed by atoms with van der Waals surface area (Å²) in [6.45, 7) is 5.12. The van der Waals surface area contributed by atoms with Gasteiger partial charge in [0.2, 0.25) is 0 Å². The number of hydrazone groups is 1. The van der Waals surface area contributed by atoms with E-state index in [4.69, 9.17) is 14.2 Å². The van der Waals surface area contributed by atoms with Crippen molar-refractivity contribution in [2.45, 2.75) is 20.3 Å². The highest BCUT2D eigenvalue weighted by Crippen LogP contribution is 2.36. The minimum absolute atomic E-state index is 0.301. The summed E-state index contributed by atoms with van der Waals surface area (Å²) in [5.74, 6) is 1.65. The molecule has 1 N–H and O–H groups in total. The van der Waals surface area contributed by atoms with Crippen LogP contribution in [-0.4, -0.2) is 32.4 Å². The van der Waals surface area contributed by atoms with Gasteiger partial charge >= 0.3 is 0 Å². The Morgan fingerprint density at radius 3 is 2.56 bits per heavy atom. The smallest absolute Gasteiger partial charge is 0.271 e. The number of carbonyl (C=O) groups excluding carboxylic acids is 1. The molecule has 0 atom stereocenters. The molecule has 0 bridgehead atoms. The van der Waals surface area contributed by atoms with E-state index in [1.807, 2.05) is 19.9 Å². The van der Waals surface area contributed by atoms with Gasteiger partial charge in [0.15, 0.2) is 11.5 Å². The highest BCUT2D eigenvalue weighted by atomic mass is 79.9. The first kappa shape index (κ1) is 20.8. The molecule has 0 aliphatic carbocycles. The third kappa shape index (κ3) is 5.99. The van der Waals surface area contributed by atoms with Crippen LogP contribution < -0.4 is 19.6 Å². The van der Waals surface area contributed by atoms with Crippen LogP contribution in [0.15, 0.2) is 46.0 Å². The Hall–Kier alpha value is -2.54. The SMILES string of the molecule is CCCOc1ccc(C(=O)N/N=C\c2cc(Br)c(OCC)c(OC)c2)cc1. The molecule has 0 saturated heterocycles. The van der Waals surface area contributed by atoms with Gasteiger partial charge in [-0.2, -0.15) is 5.10 Å². The summed E-state index contributed by atoms with van der Waals surface area (Å²) in [7, 11) is 1.57. The topological polar surface area (TPSA) is 69.2 Å². The minimum Gasteiger partial charge on any atom is -0.494 e. The molecule has 0 heterocycles. The summed E-state index contributed by atoms with van der Waals surface area (Å²) in [4.78, 5) is 12.2. The lowest BCUT2D eigenvalue weighted by atomic mass is 10.2. The van der Waals surface area contributed by atoms with Crippen LogP contribution in [0.4, 0.5) is 0 Å². The predicted octanol–water partition coefficient (Wildman–Crippen LogP) is 4.41. The third-order valence-corrected chi connectivity index (χ3v) is 4.10. The van der Waals surface area contributed by atoms with Crippen LogP contribution in [0.25, 0.3) is 0 Å². The van der Waals surface area contributed by atoms with E-state index in [1.165, 1.54) is 0 Å². The molecule has 2 aromatic rings. The standard InChI is InChI=1S/C20H23BrN2O4/c1-4-10-27-16-8-6-15(7-9-16)20(24)23-22-13-14-11-17(21)19(26-5-2)18(12-14)25-3/h6-9,11-13H,4-5,10H2,1-3H3,(H,23,24)/b22-13-. The van der Waals surface area contributed by atoms with E-state index in [0.717, 1.165) is 22.2 Å². The number of hydrogen-bond donors (Lipinski definition) is 1. The summed E-state index contributed by atoms with van der Waals surface area (Å²) in [5, 5.41) is 4.01. The molecule has 0 aliphatic rings. The van der Waals surface area contributed by atoms with E-state index < -0.39 is 0 Å². The number of hydrogen-bond acceptors (Lipinski definition) is 5. The van der Waals surface area contributed by atoms with E-state index in [9.17, 15) is 4.79 Å². The molecule has 0 aliphatic heterocycles. The Kier molecular flexibility index (Phi) is 8.13. The molecule has 6 nitrogen and oxygen atoms in total. The molecule has 2 rings (SSSR count). The Bertz CT molecular complexity index is 791. The van der Waals surface area contributed by atoms with Gasteiger partial charge in [0, 0.05) is 5.56 Å². The molecule has 0 spiro atoms. The lowest BCUT2D eigenvalue weighted by Crippen LogP contribution is -2.17. The second-order valence-electron chi connectivity index (χ2n) is 5.54. The molecule has 7 heteroatoms. The van der Waals surface area contributed by atoms with E-state index in [0.29, 0.717) is 30.3 Å².